The lowest BCUT2D eigenvalue weighted by Crippen LogP contribution is -2.30. The molecule has 1 aromatic carbocycles. The summed E-state index contributed by atoms with van der Waals surface area (Å²) in [5.41, 5.74) is 1.28. The van der Waals surface area contributed by atoms with E-state index in [2.05, 4.69) is 18.2 Å². The molecule has 1 aromatic rings. The second-order valence-corrected chi connectivity index (χ2v) is 11.9. The van der Waals surface area contributed by atoms with Crippen molar-refractivity contribution in [2.24, 2.45) is 23.7 Å². The molecule has 4 rings (SSSR count). The molecule has 5 nitrogen and oxygen atoms in total. The highest BCUT2D eigenvalue weighted by molar-refractivity contribution is 5.75. The van der Waals surface area contributed by atoms with Gasteiger partial charge in [0, 0.05) is 13.3 Å². The van der Waals surface area contributed by atoms with Gasteiger partial charge in [-0.25, -0.2) is 0 Å². The number of nitriles is 1. The van der Waals surface area contributed by atoms with Gasteiger partial charge in [0.1, 0.15) is 11.9 Å². The van der Waals surface area contributed by atoms with E-state index < -0.39 is 0 Å². The first-order valence-electron chi connectivity index (χ1n) is 14.9. The van der Waals surface area contributed by atoms with Crippen LogP contribution in [-0.4, -0.2) is 18.0 Å². The molecule has 202 valence electrons. The van der Waals surface area contributed by atoms with Gasteiger partial charge in [0.2, 0.25) is 0 Å². The highest BCUT2D eigenvalue weighted by Crippen LogP contribution is 2.42. The van der Waals surface area contributed by atoms with Crippen LogP contribution in [0.1, 0.15) is 121 Å². The zero-order valence-corrected chi connectivity index (χ0v) is 22.7. The molecule has 3 fully saturated rings. The third-order valence-electron chi connectivity index (χ3n) is 9.39. The van der Waals surface area contributed by atoms with Crippen molar-refractivity contribution in [3.8, 4) is 11.8 Å². The Morgan fingerprint density at radius 3 is 2.05 bits per heavy atom. The van der Waals surface area contributed by atoms with E-state index in [1.807, 2.05) is 12.1 Å². The van der Waals surface area contributed by atoms with E-state index in [1.54, 1.807) is 0 Å². The average molecular weight is 508 g/mol. The van der Waals surface area contributed by atoms with Gasteiger partial charge in [-0.15, -0.1) is 0 Å². The summed E-state index contributed by atoms with van der Waals surface area (Å²) in [6.07, 6.45) is 17.8. The molecular weight excluding hydrogens is 462 g/mol. The minimum atomic E-state index is -0.189. The molecule has 5 heteroatoms. The van der Waals surface area contributed by atoms with Crippen molar-refractivity contribution in [3.05, 3.63) is 29.8 Å². The topological polar surface area (TPSA) is 76.4 Å². The summed E-state index contributed by atoms with van der Waals surface area (Å²) < 4.78 is 11.1. The Morgan fingerprint density at radius 2 is 1.46 bits per heavy atom. The number of carbonyl (C=O) groups is 2. The number of rotatable bonds is 9. The lowest BCUT2D eigenvalue weighted by molar-refractivity contribution is -0.148. The van der Waals surface area contributed by atoms with Gasteiger partial charge >= 0.3 is 11.9 Å². The van der Waals surface area contributed by atoms with E-state index >= 15 is 0 Å². The molecule has 3 aliphatic rings. The maximum Gasteiger partial charge on any atom is 0.314 e. The largest absolute Gasteiger partial charge is 0.463 e. The Hall–Kier alpha value is -2.35. The van der Waals surface area contributed by atoms with Crippen LogP contribution < -0.4 is 4.74 Å². The Kier molecular flexibility index (Phi) is 10.5. The molecule has 0 aliphatic heterocycles. The molecule has 0 N–H and O–H groups in total. The first-order valence-corrected chi connectivity index (χ1v) is 14.9. The van der Waals surface area contributed by atoms with E-state index in [1.165, 1.54) is 51.0 Å². The number of hydrogen-bond donors (Lipinski definition) is 0. The smallest absolute Gasteiger partial charge is 0.314 e. The maximum absolute atomic E-state index is 12.9. The minimum Gasteiger partial charge on any atom is -0.463 e. The third-order valence-corrected chi connectivity index (χ3v) is 9.39. The standard InChI is InChI=1S/C32H45NO4/c1-23(34)36-30-18-14-27(15-19-30)28-16-20-31(21-17-28)37-32(35)29-12-10-26(11-13-29)25-8-6-24(7-9-25)5-3-2-4-22-33/h16-17,20-21,24-27,29-30H,2-15,18-19H2,1H3. The highest BCUT2D eigenvalue weighted by atomic mass is 16.5. The Labute approximate surface area is 223 Å². The number of ether oxygens (including phenoxy) is 2. The summed E-state index contributed by atoms with van der Waals surface area (Å²) in [6, 6.07) is 10.3. The summed E-state index contributed by atoms with van der Waals surface area (Å²) >= 11 is 0. The second-order valence-electron chi connectivity index (χ2n) is 11.9. The van der Waals surface area contributed by atoms with Crippen molar-refractivity contribution in [2.45, 2.75) is 122 Å². The second kappa shape index (κ2) is 14.0. The van der Waals surface area contributed by atoms with E-state index in [-0.39, 0.29) is 24.0 Å². The van der Waals surface area contributed by atoms with E-state index in [4.69, 9.17) is 14.7 Å². The van der Waals surface area contributed by atoms with Crippen molar-refractivity contribution >= 4 is 11.9 Å². The molecule has 0 spiro atoms. The molecule has 37 heavy (non-hydrogen) atoms. The van der Waals surface area contributed by atoms with Crippen LogP contribution in [0, 0.1) is 35.0 Å². The first kappa shape index (κ1) is 27.7. The van der Waals surface area contributed by atoms with Gasteiger partial charge in [0.05, 0.1) is 12.0 Å². The molecule has 0 radical (unpaired) electrons. The van der Waals surface area contributed by atoms with Crippen LogP contribution >= 0.6 is 0 Å². The SMILES string of the molecule is CC(=O)OC1CCC(c2ccc(OC(=O)C3CCC(C4CCC(CCCCC#N)CC4)CC3)cc2)CC1. The molecule has 0 saturated heterocycles. The number of benzene rings is 1. The first-order chi connectivity index (χ1) is 18.0. The predicted molar refractivity (Wildman–Crippen MR) is 144 cm³/mol. The summed E-state index contributed by atoms with van der Waals surface area (Å²) in [7, 11) is 0. The number of nitrogens with zero attached hydrogens (tertiary/aromatic N) is 1. The van der Waals surface area contributed by atoms with Crippen molar-refractivity contribution in [1.82, 2.24) is 0 Å². The average Bonchev–Trinajstić information content (AvgIpc) is 2.92. The van der Waals surface area contributed by atoms with Gasteiger partial charge in [-0.05, 0) is 112 Å². The van der Waals surface area contributed by atoms with Gasteiger partial charge < -0.3 is 9.47 Å². The van der Waals surface area contributed by atoms with Crippen LogP contribution in [0.3, 0.4) is 0 Å². The molecule has 0 atom stereocenters. The quantitative estimate of drug-likeness (QED) is 0.193. The van der Waals surface area contributed by atoms with E-state index in [0.717, 1.165) is 75.5 Å². The van der Waals surface area contributed by atoms with Crippen LogP contribution in [0.15, 0.2) is 24.3 Å². The number of esters is 2. The van der Waals surface area contributed by atoms with E-state index in [9.17, 15) is 9.59 Å². The Bertz CT molecular complexity index is 896. The van der Waals surface area contributed by atoms with Gasteiger partial charge in [0.25, 0.3) is 0 Å². The molecule has 3 aliphatic carbocycles. The van der Waals surface area contributed by atoms with Crippen molar-refractivity contribution in [1.29, 1.82) is 5.26 Å². The van der Waals surface area contributed by atoms with Crippen molar-refractivity contribution < 1.29 is 19.1 Å². The normalized spacial score (nSPS) is 30.2. The van der Waals surface area contributed by atoms with Crippen LogP contribution in [0.25, 0.3) is 0 Å². The fraction of sp³-hybridized carbons (Fsp3) is 0.719. The fourth-order valence-corrected chi connectivity index (χ4v) is 7.17. The Morgan fingerprint density at radius 1 is 0.838 bits per heavy atom. The van der Waals surface area contributed by atoms with Crippen LogP contribution in [0.2, 0.25) is 0 Å². The molecule has 0 heterocycles. The van der Waals surface area contributed by atoms with Gasteiger partial charge in [-0.3, -0.25) is 9.59 Å². The third kappa shape index (κ3) is 8.32. The van der Waals surface area contributed by atoms with E-state index in [0.29, 0.717) is 18.1 Å². The van der Waals surface area contributed by atoms with Crippen LogP contribution in [-0.2, 0) is 14.3 Å². The summed E-state index contributed by atoms with van der Waals surface area (Å²) in [5, 5.41) is 8.70. The van der Waals surface area contributed by atoms with Gasteiger partial charge in [0.15, 0.2) is 0 Å². The fourth-order valence-electron chi connectivity index (χ4n) is 7.17. The molecular formula is C32H45NO4. The molecule has 0 aromatic heterocycles. The summed E-state index contributed by atoms with van der Waals surface area (Å²) in [5.74, 6) is 3.39. The number of carbonyl (C=O) groups excluding carboxylic acids is 2. The number of hydrogen-bond acceptors (Lipinski definition) is 5. The lowest BCUT2D eigenvalue weighted by Gasteiger charge is -2.37. The maximum atomic E-state index is 12.9. The van der Waals surface area contributed by atoms with Gasteiger partial charge in [-0.2, -0.15) is 5.26 Å². The zero-order chi connectivity index (χ0) is 26.0. The summed E-state index contributed by atoms with van der Waals surface area (Å²) in [4.78, 5) is 24.0. The zero-order valence-electron chi connectivity index (χ0n) is 22.7. The predicted octanol–water partition coefficient (Wildman–Crippen LogP) is 7.88. The lowest BCUT2D eigenvalue weighted by atomic mass is 9.68. The molecule has 0 unspecified atom stereocenters. The molecule has 3 saturated carbocycles. The Balaban J connectivity index is 1.15. The van der Waals surface area contributed by atoms with Crippen LogP contribution in [0.4, 0.5) is 0 Å². The van der Waals surface area contributed by atoms with Crippen molar-refractivity contribution in [2.75, 3.05) is 0 Å². The monoisotopic (exact) mass is 507 g/mol. The summed E-state index contributed by atoms with van der Waals surface area (Å²) in [6.45, 7) is 1.48. The minimum absolute atomic E-state index is 0.0314. The van der Waals surface area contributed by atoms with Crippen molar-refractivity contribution in [3.63, 3.8) is 0 Å². The molecule has 0 bridgehead atoms. The van der Waals surface area contributed by atoms with Crippen LogP contribution in [0.5, 0.6) is 5.75 Å². The number of unbranched alkanes of at least 4 members (excludes halogenated alkanes) is 2. The highest BCUT2D eigenvalue weighted by Gasteiger charge is 2.33. The van der Waals surface area contributed by atoms with Gasteiger partial charge in [-0.1, -0.05) is 37.8 Å². The molecule has 0 amide bonds.